The number of hydrogen-bond acceptors (Lipinski definition) is 9. The lowest BCUT2D eigenvalue weighted by molar-refractivity contribution is -0.293. The van der Waals surface area contributed by atoms with E-state index in [9.17, 15) is 20.1 Å². The number of methoxy groups -OCH3 is 1. The second kappa shape index (κ2) is 12.2. The molecule has 1 fully saturated rings. The molecule has 0 amide bonds. The highest BCUT2D eigenvalue weighted by molar-refractivity contribution is 6.37. The van der Waals surface area contributed by atoms with Crippen molar-refractivity contribution < 1.29 is 39.1 Å². The minimum absolute atomic E-state index is 0.0197. The fourth-order valence-electron chi connectivity index (χ4n) is 3.92. The quantitative estimate of drug-likeness (QED) is 0.342. The first-order valence-corrected chi connectivity index (χ1v) is 12.1. The van der Waals surface area contributed by atoms with Crippen LogP contribution in [0.5, 0.6) is 5.75 Å². The number of rotatable bonds is 9. The van der Waals surface area contributed by atoms with E-state index in [4.69, 9.17) is 42.1 Å². The number of ether oxygens (including phenoxy) is 4. The molecule has 2 aromatic carbocycles. The summed E-state index contributed by atoms with van der Waals surface area (Å²) in [7, 11) is 1.27. The highest BCUT2D eigenvalue weighted by Gasteiger charge is 2.47. The van der Waals surface area contributed by atoms with Crippen molar-refractivity contribution >= 4 is 29.2 Å². The second-order valence-electron chi connectivity index (χ2n) is 8.33. The molecule has 0 aliphatic carbocycles. The summed E-state index contributed by atoms with van der Waals surface area (Å²) in [5.41, 5.74) is 1.08. The van der Waals surface area contributed by atoms with Gasteiger partial charge >= 0.3 is 5.97 Å². The van der Waals surface area contributed by atoms with Crippen LogP contribution in [0.2, 0.25) is 10.0 Å². The average molecular weight is 553 g/mol. The maximum Gasteiger partial charge on any atom is 0.338 e. The summed E-state index contributed by atoms with van der Waals surface area (Å²) in [6.45, 7) is 0.130. The van der Waals surface area contributed by atoms with Crippen LogP contribution in [-0.4, -0.2) is 75.3 Å². The highest BCUT2D eigenvalue weighted by atomic mass is 35.5. The van der Waals surface area contributed by atoms with Crippen LogP contribution in [-0.2, 0) is 27.4 Å². The second-order valence-corrected chi connectivity index (χ2v) is 9.14. The van der Waals surface area contributed by atoms with Crippen molar-refractivity contribution in [2.75, 3.05) is 13.7 Å². The minimum Gasteiger partial charge on any atom is -0.483 e. The highest BCUT2D eigenvalue weighted by Crippen LogP contribution is 2.35. The molecule has 0 unspecified atom stereocenters. The number of carbonyl (C=O) groups is 1. The maximum atomic E-state index is 12.8. The Hall–Kier alpha value is -2.70. The Morgan fingerprint density at radius 3 is 2.49 bits per heavy atom. The van der Waals surface area contributed by atoms with Crippen molar-refractivity contribution in [1.82, 2.24) is 9.55 Å². The fraction of sp³-hybridized carbons (Fsp3) is 0.360. The van der Waals surface area contributed by atoms with Crippen molar-refractivity contribution in [2.45, 2.75) is 43.9 Å². The van der Waals surface area contributed by atoms with Gasteiger partial charge in [0, 0.05) is 26.0 Å². The Balaban J connectivity index is 1.44. The number of aliphatic hydroxyl groups excluding tert-OH is 3. The lowest BCUT2D eigenvalue weighted by atomic mass is 9.99. The van der Waals surface area contributed by atoms with Gasteiger partial charge in [-0.3, -0.25) is 0 Å². The zero-order chi connectivity index (χ0) is 26.5. The van der Waals surface area contributed by atoms with Gasteiger partial charge in [0.25, 0.3) is 0 Å². The van der Waals surface area contributed by atoms with E-state index in [1.807, 2.05) is 41.1 Å². The Labute approximate surface area is 222 Å². The molecule has 10 nitrogen and oxygen atoms in total. The first-order chi connectivity index (χ1) is 17.8. The van der Waals surface area contributed by atoms with Gasteiger partial charge in [0.15, 0.2) is 18.1 Å². The summed E-state index contributed by atoms with van der Waals surface area (Å²) in [5.74, 6) is -0.0830. The molecule has 1 saturated heterocycles. The van der Waals surface area contributed by atoms with Gasteiger partial charge in [-0.1, -0.05) is 53.5 Å². The number of nitrogens with zero attached hydrogens (tertiary/aromatic N) is 2. The van der Waals surface area contributed by atoms with Gasteiger partial charge < -0.3 is 38.8 Å². The van der Waals surface area contributed by atoms with E-state index in [-0.39, 0.29) is 28.0 Å². The summed E-state index contributed by atoms with van der Waals surface area (Å²) in [4.78, 5) is 17.1. The third-order valence-corrected chi connectivity index (χ3v) is 6.44. The third kappa shape index (κ3) is 6.24. The molecule has 0 saturated carbocycles. The number of imidazole rings is 1. The normalized spacial score (nSPS) is 23.6. The molecule has 2 heterocycles. The van der Waals surface area contributed by atoms with Crippen molar-refractivity contribution in [1.29, 1.82) is 0 Å². The monoisotopic (exact) mass is 552 g/mol. The van der Waals surface area contributed by atoms with E-state index in [2.05, 4.69) is 4.98 Å². The van der Waals surface area contributed by atoms with E-state index >= 15 is 0 Å². The van der Waals surface area contributed by atoms with Gasteiger partial charge in [0.1, 0.15) is 30.7 Å². The third-order valence-electron chi connectivity index (χ3n) is 5.88. The Morgan fingerprint density at radius 1 is 1.14 bits per heavy atom. The first-order valence-electron chi connectivity index (χ1n) is 11.3. The molecule has 3 N–H and O–H groups in total. The molecular formula is C25H26Cl2N2O8. The SMILES string of the molecule is CO[C@H]1O[C@H](CO)[C@@H](O)[C@H](O)[C@H]1OC(=O)c1cc(Cl)c(OCc2nccn2Cc2ccccc2)c(Cl)c1. The molecule has 1 aromatic heterocycles. The smallest absolute Gasteiger partial charge is 0.338 e. The van der Waals surface area contributed by atoms with Crippen LogP contribution in [0.15, 0.2) is 54.9 Å². The Kier molecular flexibility index (Phi) is 9.04. The molecular weight excluding hydrogens is 527 g/mol. The molecule has 12 heteroatoms. The maximum absolute atomic E-state index is 12.8. The molecule has 3 aromatic rings. The number of benzene rings is 2. The average Bonchev–Trinajstić information content (AvgIpc) is 3.33. The lowest BCUT2D eigenvalue weighted by Crippen LogP contribution is -2.60. The van der Waals surface area contributed by atoms with E-state index in [0.717, 1.165) is 5.56 Å². The van der Waals surface area contributed by atoms with E-state index in [0.29, 0.717) is 12.4 Å². The molecule has 0 spiro atoms. The van der Waals surface area contributed by atoms with Gasteiger partial charge in [-0.15, -0.1) is 0 Å². The van der Waals surface area contributed by atoms with Crippen LogP contribution in [0.3, 0.4) is 0 Å². The van der Waals surface area contributed by atoms with Gasteiger partial charge in [-0.05, 0) is 17.7 Å². The van der Waals surface area contributed by atoms with Crippen molar-refractivity contribution in [2.24, 2.45) is 0 Å². The van der Waals surface area contributed by atoms with E-state index in [1.165, 1.54) is 19.2 Å². The Morgan fingerprint density at radius 2 is 1.84 bits per heavy atom. The summed E-state index contributed by atoms with van der Waals surface area (Å²) >= 11 is 12.7. The van der Waals surface area contributed by atoms with Crippen LogP contribution >= 0.6 is 23.2 Å². The summed E-state index contributed by atoms with van der Waals surface area (Å²) in [6.07, 6.45) is -3.23. The molecule has 5 atom stereocenters. The molecule has 1 aliphatic heterocycles. The number of aliphatic hydroxyl groups is 3. The predicted octanol–water partition coefficient (Wildman–Crippen LogP) is 2.43. The zero-order valence-corrected chi connectivity index (χ0v) is 21.2. The summed E-state index contributed by atoms with van der Waals surface area (Å²) in [5, 5.41) is 29.9. The molecule has 198 valence electrons. The fourth-order valence-corrected chi connectivity index (χ4v) is 4.52. The molecule has 37 heavy (non-hydrogen) atoms. The van der Waals surface area contributed by atoms with Crippen LogP contribution in [0.1, 0.15) is 21.7 Å². The predicted molar refractivity (Wildman–Crippen MR) is 133 cm³/mol. The van der Waals surface area contributed by atoms with Crippen LogP contribution < -0.4 is 4.74 Å². The molecule has 4 rings (SSSR count). The van der Waals surface area contributed by atoms with Crippen LogP contribution in [0.4, 0.5) is 0 Å². The molecule has 0 bridgehead atoms. The topological polar surface area (TPSA) is 133 Å². The van der Waals surface area contributed by atoms with E-state index < -0.39 is 43.3 Å². The number of aromatic nitrogens is 2. The van der Waals surface area contributed by atoms with Gasteiger partial charge in [0.05, 0.1) is 22.2 Å². The largest absolute Gasteiger partial charge is 0.483 e. The molecule has 0 radical (unpaired) electrons. The number of hydrogen-bond donors (Lipinski definition) is 3. The van der Waals surface area contributed by atoms with Crippen molar-refractivity contribution in [3.05, 3.63) is 81.9 Å². The van der Waals surface area contributed by atoms with Crippen molar-refractivity contribution in [3.63, 3.8) is 0 Å². The first kappa shape index (κ1) is 27.3. The van der Waals surface area contributed by atoms with Gasteiger partial charge in [0.2, 0.25) is 0 Å². The standard InChI is InChI=1S/C25H26Cl2N2O8/c1-34-25-23(21(32)20(31)18(12-30)36-25)37-24(33)15-9-16(26)22(17(27)10-15)35-13-19-28-7-8-29(19)11-14-5-3-2-4-6-14/h2-10,18,20-21,23,25,30-32H,11-13H2,1H3/t18-,20-,21+,23-,25+/m1/s1. The van der Waals surface area contributed by atoms with Crippen LogP contribution in [0, 0.1) is 0 Å². The molecule has 1 aliphatic rings. The number of halogens is 2. The Bertz CT molecular complexity index is 1180. The summed E-state index contributed by atoms with van der Waals surface area (Å²) in [6, 6.07) is 12.5. The van der Waals surface area contributed by atoms with E-state index in [1.54, 1.807) is 6.20 Å². The van der Waals surface area contributed by atoms with Crippen LogP contribution in [0.25, 0.3) is 0 Å². The number of esters is 1. The van der Waals surface area contributed by atoms with Crippen molar-refractivity contribution in [3.8, 4) is 5.75 Å². The minimum atomic E-state index is -1.56. The number of carbonyl (C=O) groups excluding carboxylic acids is 1. The lowest BCUT2D eigenvalue weighted by Gasteiger charge is -2.40. The van der Waals surface area contributed by atoms with Gasteiger partial charge in [-0.25, -0.2) is 9.78 Å². The summed E-state index contributed by atoms with van der Waals surface area (Å²) < 4.78 is 23.6. The zero-order valence-electron chi connectivity index (χ0n) is 19.7. The van der Waals surface area contributed by atoms with Gasteiger partial charge in [-0.2, -0.15) is 0 Å².